The number of hydrogen-bond donors (Lipinski definition) is 0. The van der Waals surface area contributed by atoms with Crippen LogP contribution in [0.2, 0.25) is 0 Å². The third kappa shape index (κ3) is 2.63. The third-order valence-electron chi connectivity index (χ3n) is 3.30. The summed E-state index contributed by atoms with van der Waals surface area (Å²) in [5.74, 6) is 1.09. The molecule has 0 aromatic carbocycles. The van der Waals surface area contributed by atoms with Crippen molar-refractivity contribution in [2.24, 2.45) is 0 Å². The Labute approximate surface area is 105 Å². The number of nitrogens with zero attached hydrogens (tertiary/aromatic N) is 4. The molecule has 90 valence electrons. The summed E-state index contributed by atoms with van der Waals surface area (Å²) in [7, 11) is 0. The van der Waals surface area contributed by atoms with Gasteiger partial charge in [0.1, 0.15) is 12.2 Å². The van der Waals surface area contributed by atoms with E-state index >= 15 is 0 Å². The smallest absolute Gasteiger partial charge is 0.141 e. The summed E-state index contributed by atoms with van der Waals surface area (Å²) in [5.41, 5.74) is 0. The Bertz CT molecular complexity index is 322. The molecule has 0 spiro atoms. The van der Waals surface area contributed by atoms with Crippen LogP contribution in [-0.2, 0) is 13.1 Å². The molecule has 1 aromatic rings. The third-order valence-corrected chi connectivity index (χ3v) is 3.66. The lowest BCUT2D eigenvalue weighted by Gasteiger charge is -2.36. The van der Waals surface area contributed by atoms with E-state index in [0.29, 0.717) is 0 Å². The van der Waals surface area contributed by atoms with E-state index < -0.39 is 0 Å². The molecule has 1 aliphatic carbocycles. The van der Waals surface area contributed by atoms with Gasteiger partial charge in [-0.15, -0.1) is 0 Å². The number of halogens is 1. The van der Waals surface area contributed by atoms with Crippen LogP contribution in [-0.4, -0.2) is 37.6 Å². The topological polar surface area (TPSA) is 34.0 Å². The van der Waals surface area contributed by atoms with E-state index in [1.807, 2.05) is 4.68 Å². The number of aromatic nitrogens is 3. The van der Waals surface area contributed by atoms with Crippen LogP contribution in [0.25, 0.3) is 0 Å². The SMILES string of the molecule is CCn1ncnc1CN(CCBr)C1CCC1. The Morgan fingerprint density at radius 2 is 2.38 bits per heavy atom. The average Bonchev–Trinajstić information content (AvgIpc) is 2.63. The Kier molecular flexibility index (Phi) is 4.35. The number of alkyl halides is 1. The number of rotatable bonds is 6. The van der Waals surface area contributed by atoms with Crippen molar-refractivity contribution in [3.05, 3.63) is 12.2 Å². The van der Waals surface area contributed by atoms with Gasteiger partial charge in [0, 0.05) is 24.5 Å². The van der Waals surface area contributed by atoms with E-state index in [-0.39, 0.29) is 0 Å². The van der Waals surface area contributed by atoms with Crippen LogP contribution in [0.5, 0.6) is 0 Å². The van der Waals surface area contributed by atoms with Gasteiger partial charge < -0.3 is 0 Å². The van der Waals surface area contributed by atoms with Crippen LogP contribution in [0.4, 0.5) is 0 Å². The van der Waals surface area contributed by atoms with E-state index in [9.17, 15) is 0 Å². The van der Waals surface area contributed by atoms with Crippen LogP contribution in [0, 0.1) is 0 Å². The molecule has 0 atom stereocenters. The lowest BCUT2D eigenvalue weighted by molar-refractivity contribution is 0.123. The number of hydrogen-bond acceptors (Lipinski definition) is 3. The molecule has 0 aliphatic heterocycles. The first-order valence-corrected chi connectivity index (χ1v) is 7.14. The van der Waals surface area contributed by atoms with Crippen molar-refractivity contribution in [1.82, 2.24) is 19.7 Å². The first kappa shape index (κ1) is 12.0. The van der Waals surface area contributed by atoms with Gasteiger partial charge in [0.15, 0.2) is 0 Å². The highest BCUT2D eigenvalue weighted by atomic mass is 79.9. The normalized spacial score (nSPS) is 16.7. The molecular weight excluding hydrogens is 268 g/mol. The second-order valence-electron chi connectivity index (χ2n) is 4.24. The van der Waals surface area contributed by atoms with Crippen molar-refractivity contribution in [3.63, 3.8) is 0 Å². The highest BCUT2D eigenvalue weighted by molar-refractivity contribution is 9.09. The molecule has 0 radical (unpaired) electrons. The standard InChI is InChI=1S/C11H19BrN4/c1-2-16-11(13-9-14-16)8-15(7-6-12)10-4-3-5-10/h9-10H,2-8H2,1H3. The van der Waals surface area contributed by atoms with Crippen molar-refractivity contribution in [1.29, 1.82) is 0 Å². The monoisotopic (exact) mass is 286 g/mol. The molecule has 1 fully saturated rings. The maximum absolute atomic E-state index is 4.34. The van der Waals surface area contributed by atoms with Gasteiger partial charge in [0.05, 0.1) is 6.54 Å². The fraction of sp³-hybridized carbons (Fsp3) is 0.818. The molecule has 16 heavy (non-hydrogen) atoms. The largest absolute Gasteiger partial charge is 0.292 e. The maximum atomic E-state index is 4.34. The van der Waals surface area contributed by atoms with Gasteiger partial charge in [-0.05, 0) is 19.8 Å². The molecule has 1 aromatic heterocycles. The summed E-state index contributed by atoms with van der Waals surface area (Å²) in [4.78, 5) is 6.87. The van der Waals surface area contributed by atoms with Crippen molar-refractivity contribution in [2.75, 3.05) is 11.9 Å². The summed E-state index contributed by atoms with van der Waals surface area (Å²) in [6, 6.07) is 0.763. The minimum absolute atomic E-state index is 0.763. The zero-order chi connectivity index (χ0) is 11.4. The quantitative estimate of drug-likeness (QED) is 0.751. The predicted molar refractivity (Wildman–Crippen MR) is 67.5 cm³/mol. The fourth-order valence-corrected chi connectivity index (χ4v) is 2.56. The molecule has 2 rings (SSSR count). The zero-order valence-corrected chi connectivity index (χ0v) is 11.4. The molecular formula is C11H19BrN4. The van der Waals surface area contributed by atoms with Gasteiger partial charge in [-0.1, -0.05) is 22.4 Å². The van der Waals surface area contributed by atoms with E-state index in [2.05, 4.69) is 37.8 Å². The molecule has 0 unspecified atom stereocenters. The molecule has 1 heterocycles. The van der Waals surface area contributed by atoms with Crippen LogP contribution in [0.15, 0.2) is 6.33 Å². The first-order valence-electron chi connectivity index (χ1n) is 6.01. The summed E-state index contributed by atoms with van der Waals surface area (Å²) in [5, 5.41) is 5.25. The van der Waals surface area contributed by atoms with Crippen LogP contribution in [0.1, 0.15) is 32.0 Å². The summed E-state index contributed by atoms with van der Waals surface area (Å²) in [6.45, 7) is 5.05. The molecule has 5 heteroatoms. The lowest BCUT2D eigenvalue weighted by atomic mass is 9.91. The maximum Gasteiger partial charge on any atom is 0.141 e. The Hall–Kier alpha value is -0.420. The van der Waals surface area contributed by atoms with Crippen LogP contribution < -0.4 is 0 Å². The van der Waals surface area contributed by atoms with Crippen LogP contribution >= 0.6 is 15.9 Å². The van der Waals surface area contributed by atoms with E-state index in [0.717, 1.165) is 36.8 Å². The van der Waals surface area contributed by atoms with E-state index in [4.69, 9.17) is 0 Å². The second-order valence-corrected chi connectivity index (χ2v) is 5.03. The molecule has 4 nitrogen and oxygen atoms in total. The minimum Gasteiger partial charge on any atom is -0.292 e. The van der Waals surface area contributed by atoms with Crippen molar-refractivity contribution < 1.29 is 0 Å². The molecule has 0 bridgehead atoms. The summed E-state index contributed by atoms with van der Waals surface area (Å²) in [6.07, 6.45) is 5.72. The van der Waals surface area contributed by atoms with Gasteiger partial charge in [-0.3, -0.25) is 4.90 Å². The molecule has 0 amide bonds. The second kappa shape index (κ2) is 5.77. The Morgan fingerprint density at radius 1 is 1.56 bits per heavy atom. The van der Waals surface area contributed by atoms with Gasteiger partial charge in [0.25, 0.3) is 0 Å². The van der Waals surface area contributed by atoms with Gasteiger partial charge in [-0.25, -0.2) is 9.67 Å². The predicted octanol–water partition coefficient (Wildman–Crippen LogP) is 2.05. The average molecular weight is 287 g/mol. The molecule has 0 saturated heterocycles. The van der Waals surface area contributed by atoms with Gasteiger partial charge in [0.2, 0.25) is 0 Å². The summed E-state index contributed by atoms with van der Waals surface area (Å²) < 4.78 is 1.99. The highest BCUT2D eigenvalue weighted by Crippen LogP contribution is 2.25. The Balaban J connectivity index is 1.98. The lowest BCUT2D eigenvalue weighted by Crippen LogP contribution is -2.41. The summed E-state index contributed by atoms with van der Waals surface area (Å²) >= 11 is 3.53. The Morgan fingerprint density at radius 3 is 2.94 bits per heavy atom. The van der Waals surface area contributed by atoms with Crippen molar-refractivity contribution in [3.8, 4) is 0 Å². The van der Waals surface area contributed by atoms with Gasteiger partial charge in [-0.2, -0.15) is 5.10 Å². The van der Waals surface area contributed by atoms with Crippen LogP contribution in [0.3, 0.4) is 0 Å². The van der Waals surface area contributed by atoms with E-state index in [1.54, 1.807) is 6.33 Å². The minimum atomic E-state index is 0.763. The highest BCUT2D eigenvalue weighted by Gasteiger charge is 2.25. The molecule has 1 aliphatic rings. The van der Waals surface area contributed by atoms with Crippen molar-refractivity contribution >= 4 is 15.9 Å². The van der Waals surface area contributed by atoms with E-state index in [1.165, 1.54) is 19.3 Å². The molecule has 1 saturated carbocycles. The molecule has 0 N–H and O–H groups in total. The zero-order valence-electron chi connectivity index (χ0n) is 9.77. The van der Waals surface area contributed by atoms with Crippen molar-refractivity contribution in [2.45, 2.75) is 45.3 Å². The number of aryl methyl sites for hydroxylation is 1. The first-order chi connectivity index (χ1) is 7.85. The van der Waals surface area contributed by atoms with Gasteiger partial charge >= 0.3 is 0 Å². The fourth-order valence-electron chi connectivity index (χ4n) is 2.11.